The molecule has 0 aromatic heterocycles. The van der Waals surface area contributed by atoms with Gasteiger partial charge in [0.15, 0.2) is 0 Å². The van der Waals surface area contributed by atoms with Crippen LogP contribution < -0.4 is 4.74 Å². The molecule has 0 spiro atoms. The van der Waals surface area contributed by atoms with E-state index in [0.717, 1.165) is 0 Å². The predicted molar refractivity (Wildman–Crippen MR) is 63.4 cm³/mol. The second-order valence-corrected chi connectivity index (χ2v) is 3.87. The molecule has 17 heavy (non-hydrogen) atoms. The number of ether oxygens (including phenoxy) is 3. The summed E-state index contributed by atoms with van der Waals surface area (Å²) in [5.74, 6) is -0.817. The number of carbonyl (C=O) groups excluding carboxylic acids is 2. The van der Waals surface area contributed by atoms with Crippen LogP contribution in [0, 0.1) is 0 Å². The number of carbonyl (C=O) groups is 2. The third kappa shape index (κ3) is 2.76. The Bertz CT molecular complexity index is 455. The topological polar surface area (TPSA) is 61.8 Å². The summed E-state index contributed by atoms with van der Waals surface area (Å²) in [6.07, 6.45) is 0. The van der Waals surface area contributed by atoms with Gasteiger partial charge >= 0.3 is 11.9 Å². The molecule has 0 unspecified atom stereocenters. The van der Waals surface area contributed by atoms with Gasteiger partial charge in [0.25, 0.3) is 0 Å². The van der Waals surface area contributed by atoms with E-state index in [1.807, 2.05) is 0 Å². The third-order valence-electron chi connectivity index (χ3n) is 2.10. The first kappa shape index (κ1) is 13.5. The summed E-state index contributed by atoms with van der Waals surface area (Å²) in [6.45, 7) is 0. The molecule has 0 aliphatic carbocycles. The van der Waals surface area contributed by atoms with Gasteiger partial charge in [0.1, 0.15) is 5.75 Å². The molecule has 0 aliphatic heterocycles. The lowest BCUT2D eigenvalue weighted by molar-refractivity contribution is 0.0555. The molecular formula is C11H11BrO5. The molecule has 1 aromatic rings. The SMILES string of the molecule is COC(=O)c1cc(Br)c(OC)cc1C(=O)OC. The van der Waals surface area contributed by atoms with E-state index in [9.17, 15) is 9.59 Å². The molecule has 0 bridgehead atoms. The van der Waals surface area contributed by atoms with Gasteiger partial charge < -0.3 is 14.2 Å². The van der Waals surface area contributed by atoms with Crippen LogP contribution in [-0.2, 0) is 9.47 Å². The maximum Gasteiger partial charge on any atom is 0.338 e. The van der Waals surface area contributed by atoms with Crippen LogP contribution in [0.1, 0.15) is 20.7 Å². The maximum absolute atomic E-state index is 11.5. The van der Waals surface area contributed by atoms with Gasteiger partial charge in [-0.05, 0) is 28.1 Å². The lowest BCUT2D eigenvalue weighted by Gasteiger charge is -2.10. The highest BCUT2D eigenvalue weighted by Gasteiger charge is 2.21. The summed E-state index contributed by atoms with van der Waals surface area (Å²) < 4.78 is 14.8. The van der Waals surface area contributed by atoms with Gasteiger partial charge in [-0.3, -0.25) is 0 Å². The Morgan fingerprint density at radius 1 is 1.00 bits per heavy atom. The van der Waals surface area contributed by atoms with Gasteiger partial charge in [0.2, 0.25) is 0 Å². The number of hydrogen-bond acceptors (Lipinski definition) is 5. The zero-order valence-electron chi connectivity index (χ0n) is 9.57. The van der Waals surface area contributed by atoms with Crippen molar-refractivity contribution in [3.05, 3.63) is 27.7 Å². The van der Waals surface area contributed by atoms with Gasteiger partial charge in [-0.15, -0.1) is 0 Å². The molecule has 0 N–H and O–H groups in total. The summed E-state index contributed by atoms with van der Waals surface area (Å²) in [4.78, 5) is 23.0. The van der Waals surface area contributed by atoms with Gasteiger partial charge in [-0.1, -0.05) is 0 Å². The quantitative estimate of drug-likeness (QED) is 0.800. The first-order chi connectivity index (χ1) is 8.04. The molecule has 1 aromatic carbocycles. The molecule has 0 aliphatic rings. The lowest BCUT2D eigenvalue weighted by Crippen LogP contribution is -2.12. The van der Waals surface area contributed by atoms with Gasteiger partial charge in [0.05, 0.1) is 36.9 Å². The van der Waals surface area contributed by atoms with E-state index in [0.29, 0.717) is 10.2 Å². The van der Waals surface area contributed by atoms with Crippen LogP contribution >= 0.6 is 15.9 Å². The minimum atomic E-state index is -0.629. The van der Waals surface area contributed by atoms with Crippen molar-refractivity contribution in [2.75, 3.05) is 21.3 Å². The smallest absolute Gasteiger partial charge is 0.338 e. The van der Waals surface area contributed by atoms with E-state index in [4.69, 9.17) is 4.74 Å². The number of methoxy groups -OCH3 is 3. The minimum absolute atomic E-state index is 0.0967. The second-order valence-electron chi connectivity index (χ2n) is 3.02. The monoisotopic (exact) mass is 302 g/mol. The number of halogens is 1. The molecule has 0 amide bonds. The lowest BCUT2D eigenvalue weighted by atomic mass is 10.1. The van der Waals surface area contributed by atoms with E-state index < -0.39 is 11.9 Å². The fraction of sp³-hybridized carbons (Fsp3) is 0.273. The van der Waals surface area contributed by atoms with Gasteiger partial charge in [0, 0.05) is 0 Å². The van der Waals surface area contributed by atoms with Crippen LogP contribution in [0.2, 0.25) is 0 Å². The van der Waals surface area contributed by atoms with Crippen molar-refractivity contribution in [1.29, 1.82) is 0 Å². The Labute approximate surface area is 107 Å². The highest BCUT2D eigenvalue weighted by Crippen LogP contribution is 2.29. The second kappa shape index (κ2) is 5.67. The van der Waals surface area contributed by atoms with Crippen LogP contribution in [0.15, 0.2) is 16.6 Å². The molecular weight excluding hydrogens is 292 g/mol. The Hall–Kier alpha value is -1.56. The zero-order chi connectivity index (χ0) is 13.0. The van der Waals surface area contributed by atoms with Crippen molar-refractivity contribution in [2.45, 2.75) is 0 Å². The number of rotatable bonds is 3. The van der Waals surface area contributed by atoms with Crippen molar-refractivity contribution < 1.29 is 23.8 Å². The van der Waals surface area contributed by atoms with Crippen LogP contribution in [0.3, 0.4) is 0 Å². The van der Waals surface area contributed by atoms with Crippen molar-refractivity contribution in [2.24, 2.45) is 0 Å². The van der Waals surface area contributed by atoms with Crippen molar-refractivity contribution >= 4 is 27.9 Å². The summed E-state index contributed by atoms with van der Waals surface area (Å²) in [5, 5.41) is 0. The van der Waals surface area contributed by atoms with Crippen LogP contribution in [-0.4, -0.2) is 33.3 Å². The Morgan fingerprint density at radius 2 is 1.47 bits per heavy atom. The predicted octanol–water partition coefficient (Wildman–Crippen LogP) is 2.03. The normalized spacial score (nSPS) is 9.65. The first-order valence-corrected chi connectivity index (χ1v) is 5.38. The largest absolute Gasteiger partial charge is 0.496 e. The highest BCUT2D eigenvalue weighted by molar-refractivity contribution is 9.10. The van der Waals surface area contributed by atoms with Gasteiger partial charge in [-0.25, -0.2) is 9.59 Å². The third-order valence-corrected chi connectivity index (χ3v) is 2.72. The molecule has 92 valence electrons. The molecule has 1 rings (SSSR count). The van der Waals surface area contributed by atoms with E-state index in [1.54, 1.807) is 0 Å². The van der Waals surface area contributed by atoms with Crippen molar-refractivity contribution in [3.8, 4) is 5.75 Å². The summed E-state index contributed by atoms with van der Waals surface area (Å²) >= 11 is 3.23. The van der Waals surface area contributed by atoms with E-state index in [2.05, 4.69) is 25.4 Å². The highest BCUT2D eigenvalue weighted by atomic mass is 79.9. The van der Waals surface area contributed by atoms with E-state index in [1.165, 1.54) is 33.5 Å². The molecule has 6 heteroatoms. The summed E-state index contributed by atoms with van der Waals surface area (Å²) in [6, 6.07) is 2.87. The minimum Gasteiger partial charge on any atom is -0.496 e. The molecule has 0 atom stereocenters. The molecule has 0 saturated heterocycles. The maximum atomic E-state index is 11.5. The average Bonchev–Trinajstić information content (AvgIpc) is 2.36. The number of hydrogen-bond donors (Lipinski definition) is 0. The standard InChI is InChI=1S/C11H11BrO5/c1-15-9-5-7(11(14)17-3)6(4-8(9)12)10(13)16-2/h4-5H,1-3H3. The average molecular weight is 303 g/mol. The molecule has 0 fully saturated rings. The van der Waals surface area contributed by atoms with Crippen LogP contribution in [0.25, 0.3) is 0 Å². The van der Waals surface area contributed by atoms with Crippen LogP contribution in [0.4, 0.5) is 0 Å². The Kier molecular flexibility index (Phi) is 4.51. The molecule has 0 saturated carbocycles. The summed E-state index contributed by atoms with van der Waals surface area (Å²) in [5.41, 5.74) is 0.214. The van der Waals surface area contributed by atoms with Gasteiger partial charge in [-0.2, -0.15) is 0 Å². The molecule has 5 nitrogen and oxygen atoms in total. The Morgan fingerprint density at radius 3 is 1.88 bits per heavy atom. The Balaban J connectivity index is 3.41. The summed E-state index contributed by atoms with van der Waals surface area (Å²) in [7, 11) is 3.93. The number of benzene rings is 1. The molecule has 0 radical (unpaired) electrons. The van der Waals surface area contributed by atoms with Crippen molar-refractivity contribution in [1.82, 2.24) is 0 Å². The molecule has 0 heterocycles. The van der Waals surface area contributed by atoms with E-state index >= 15 is 0 Å². The first-order valence-electron chi connectivity index (χ1n) is 4.59. The fourth-order valence-corrected chi connectivity index (χ4v) is 1.77. The van der Waals surface area contributed by atoms with Crippen LogP contribution in [0.5, 0.6) is 5.75 Å². The van der Waals surface area contributed by atoms with Crippen molar-refractivity contribution in [3.63, 3.8) is 0 Å². The number of esters is 2. The zero-order valence-corrected chi connectivity index (χ0v) is 11.2. The fourth-order valence-electron chi connectivity index (χ4n) is 1.27. The van der Waals surface area contributed by atoms with E-state index in [-0.39, 0.29) is 11.1 Å².